The highest BCUT2D eigenvalue weighted by molar-refractivity contribution is 9.10. The largest absolute Gasteiger partial charge is 0.493 e. The number of rotatable bonds is 4. The molecule has 0 saturated heterocycles. The van der Waals surface area contributed by atoms with Crippen molar-refractivity contribution >= 4 is 56.5 Å². The number of carbonyl (C=O) groups excluding carboxylic acids is 1. The second kappa shape index (κ2) is 8.29. The van der Waals surface area contributed by atoms with Crippen molar-refractivity contribution in [1.29, 1.82) is 0 Å². The normalized spacial score (nSPS) is 10.0. The Labute approximate surface area is 153 Å². The number of carbonyl (C=O) groups is 1. The lowest BCUT2D eigenvalue weighted by atomic mass is 10.2. The van der Waals surface area contributed by atoms with Gasteiger partial charge in [0.25, 0.3) is 5.91 Å². The zero-order valence-corrected chi connectivity index (χ0v) is 15.4. The van der Waals surface area contributed by atoms with Gasteiger partial charge in [0.1, 0.15) is 5.75 Å². The lowest BCUT2D eigenvalue weighted by Crippen LogP contribution is -2.34. The number of benzene rings is 2. The van der Waals surface area contributed by atoms with E-state index in [9.17, 15) is 4.79 Å². The molecule has 0 spiro atoms. The quantitative estimate of drug-likeness (QED) is 0.718. The molecule has 7 heteroatoms. The minimum absolute atomic E-state index is 0.197. The smallest absolute Gasteiger partial charge is 0.257 e. The molecule has 0 atom stereocenters. The Bertz CT molecular complexity index is 740. The summed E-state index contributed by atoms with van der Waals surface area (Å²) in [5.74, 6) is 0.372. The molecule has 0 fully saturated rings. The monoisotopic (exact) mass is 412 g/mol. The van der Waals surface area contributed by atoms with Crippen LogP contribution in [-0.2, 0) is 0 Å². The van der Waals surface area contributed by atoms with E-state index in [1.54, 1.807) is 42.5 Å². The fourth-order valence-electron chi connectivity index (χ4n) is 1.82. The van der Waals surface area contributed by atoms with Gasteiger partial charge in [0.15, 0.2) is 5.11 Å². The van der Waals surface area contributed by atoms with Crippen LogP contribution in [0.15, 0.2) is 46.9 Å². The fourth-order valence-corrected chi connectivity index (χ4v) is 2.71. The van der Waals surface area contributed by atoms with Crippen molar-refractivity contribution in [2.45, 2.75) is 6.92 Å². The average Bonchev–Trinajstić information content (AvgIpc) is 2.49. The van der Waals surface area contributed by atoms with Gasteiger partial charge in [-0.25, -0.2) is 0 Å². The van der Waals surface area contributed by atoms with E-state index in [1.165, 1.54) is 0 Å². The van der Waals surface area contributed by atoms with Crippen LogP contribution in [0.4, 0.5) is 5.69 Å². The molecule has 2 rings (SSSR count). The first-order valence-electron chi connectivity index (χ1n) is 6.80. The number of nitrogens with one attached hydrogen (secondary N) is 2. The standard InChI is InChI=1S/C16H14BrClN2O2S/c1-2-22-14-7-6-10(8-13(14)17)15(21)20-16(23)19-12-5-3-4-11(18)9-12/h3-9H,2H2,1H3,(H2,19,20,21,23). The second-order valence-electron chi connectivity index (χ2n) is 4.50. The van der Waals surface area contributed by atoms with Crippen LogP contribution in [0.5, 0.6) is 5.75 Å². The van der Waals surface area contributed by atoms with Crippen molar-refractivity contribution < 1.29 is 9.53 Å². The van der Waals surface area contributed by atoms with Crippen LogP contribution in [0.2, 0.25) is 5.02 Å². The zero-order chi connectivity index (χ0) is 16.8. The highest BCUT2D eigenvalue weighted by Gasteiger charge is 2.11. The lowest BCUT2D eigenvalue weighted by Gasteiger charge is -2.11. The van der Waals surface area contributed by atoms with E-state index < -0.39 is 0 Å². The molecule has 0 aromatic heterocycles. The van der Waals surface area contributed by atoms with Gasteiger partial charge in [-0.3, -0.25) is 10.1 Å². The number of hydrogen-bond acceptors (Lipinski definition) is 3. The first-order chi connectivity index (χ1) is 11.0. The van der Waals surface area contributed by atoms with Gasteiger partial charge in [-0.15, -0.1) is 0 Å². The van der Waals surface area contributed by atoms with E-state index in [0.717, 1.165) is 0 Å². The van der Waals surface area contributed by atoms with E-state index >= 15 is 0 Å². The Hall–Kier alpha value is -1.63. The third-order valence-electron chi connectivity index (χ3n) is 2.80. The average molecular weight is 414 g/mol. The molecule has 4 nitrogen and oxygen atoms in total. The Morgan fingerprint density at radius 3 is 2.74 bits per heavy atom. The SMILES string of the molecule is CCOc1ccc(C(=O)NC(=S)Nc2cccc(Cl)c2)cc1Br. The van der Waals surface area contributed by atoms with Crippen molar-refractivity contribution in [2.75, 3.05) is 11.9 Å². The summed E-state index contributed by atoms with van der Waals surface area (Å²) in [5, 5.41) is 6.31. The molecule has 0 unspecified atom stereocenters. The van der Waals surface area contributed by atoms with Gasteiger partial charge in [-0.2, -0.15) is 0 Å². The maximum absolute atomic E-state index is 12.2. The van der Waals surface area contributed by atoms with E-state index in [2.05, 4.69) is 26.6 Å². The summed E-state index contributed by atoms with van der Waals surface area (Å²) in [6.45, 7) is 2.45. The molecule has 23 heavy (non-hydrogen) atoms. The van der Waals surface area contributed by atoms with Gasteiger partial charge in [0.05, 0.1) is 11.1 Å². The van der Waals surface area contributed by atoms with Crippen LogP contribution in [0.25, 0.3) is 0 Å². The Kier molecular flexibility index (Phi) is 6.38. The first kappa shape index (κ1) is 17.7. The molecule has 2 aromatic rings. The van der Waals surface area contributed by atoms with Gasteiger partial charge in [-0.1, -0.05) is 17.7 Å². The van der Waals surface area contributed by atoms with Crippen molar-refractivity contribution in [3.05, 3.63) is 57.5 Å². The van der Waals surface area contributed by atoms with Crippen LogP contribution in [0, 0.1) is 0 Å². The van der Waals surface area contributed by atoms with Crippen molar-refractivity contribution in [2.24, 2.45) is 0 Å². The number of amides is 1. The molecular formula is C16H14BrClN2O2S. The summed E-state index contributed by atoms with van der Waals surface area (Å²) in [6, 6.07) is 12.2. The number of anilines is 1. The number of hydrogen-bond donors (Lipinski definition) is 2. The zero-order valence-electron chi connectivity index (χ0n) is 12.2. The molecule has 0 aliphatic carbocycles. The summed E-state index contributed by atoms with van der Waals surface area (Å²) < 4.78 is 6.12. The summed E-state index contributed by atoms with van der Waals surface area (Å²) in [6.07, 6.45) is 0. The van der Waals surface area contributed by atoms with Gasteiger partial charge in [0, 0.05) is 16.3 Å². The van der Waals surface area contributed by atoms with Gasteiger partial charge >= 0.3 is 0 Å². The van der Waals surface area contributed by atoms with Crippen molar-refractivity contribution in [3.63, 3.8) is 0 Å². The van der Waals surface area contributed by atoms with E-state index in [1.807, 2.05) is 6.92 Å². The second-order valence-corrected chi connectivity index (χ2v) is 6.20. The third kappa shape index (κ3) is 5.20. The predicted octanol–water partition coefficient (Wildman–Crippen LogP) is 4.63. The Morgan fingerprint density at radius 2 is 2.09 bits per heavy atom. The first-order valence-corrected chi connectivity index (χ1v) is 8.37. The summed E-state index contributed by atoms with van der Waals surface area (Å²) >= 11 is 14.4. The maximum Gasteiger partial charge on any atom is 0.257 e. The number of halogens is 2. The van der Waals surface area contributed by atoms with Crippen LogP contribution in [-0.4, -0.2) is 17.6 Å². The molecule has 0 aliphatic rings. The topological polar surface area (TPSA) is 50.4 Å². The molecule has 2 N–H and O–H groups in total. The molecule has 1 amide bonds. The number of thiocarbonyl (C=S) groups is 1. The van der Waals surface area contributed by atoms with E-state index in [4.69, 9.17) is 28.6 Å². The summed E-state index contributed by atoms with van der Waals surface area (Å²) in [5.41, 5.74) is 1.17. The van der Waals surface area contributed by atoms with Crippen LogP contribution in [0.1, 0.15) is 17.3 Å². The molecule has 2 aromatic carbocycles. The van der Waals surface area contributed by atoms with Gasteiger partial charge in [-0.05, 0) is 71.5 Å². The maximum atomic E-state index is 12.2. The molecule has 0 heterocycles. The molecule has 0 saturated carbocycles. The van der Waals surface area contributed by atoms with Gasteiger partial charge < -0.3 is 10.1 Å². The van der Waals surface area contributed by atoms with Crippen LogP contribution in [0.3, 0.4) is 0 Å². The predicted molar refractivity (Wildman–Crippen MR) is 100 cm³/mol. The van der Waals surface area contributed by atoms with E-state index in [-0.39, 0.29) is 11.0 Å². The minimum Gasteiger partial charge on any atom is -0.493 e. The third-order valence-corrected chi connectivity index (χ3v) is 3.86. The molecule has 0 radical (unpaired) electrons. The molecular weight excluding hydrogens is 400 g/mol. The van der Waals surface area contributed by atoms with Crippen LogP contribution < -0.4 is 15.4 Å². The summed E-state index contributed by atoms with van der Waals surface area (Å²) in [4.78, 5) is 12.2. The van der Waals surface area contributed by atoms with E-state index in [0.29, 0.717) is 33.1 Å². The molecule has 0 aliphatic heterocycles. The van der Waals surface area contributed by atoms with Crippen molar-refractivity contribution in [1.82, 2.24) is 5.32 Å². The highest BCUT2D eigenvalue weighted by Crippen LogP contribution is 2.26. The Balaban J connectivity index is 2.01. The van der Waals surface area contributed by atoms with Crippen LogP contribution >= 0.6 is 39.7 Å². The van der Waals surface area contributed by atoms with Gasteiger partial charge in [0.2, 0.25) is 0 Å². The number of ether oxygens (including phenoxy) is 1. The summed E-state index contributed by atoms with van der Waals surface area (Å²) in [7, 11) is 0. The molecule has 120 valence electrons. The minimum atomic E-state index is -0.312. The highest BCUT2D eigenvalue weighted by atomic mass is 79.9. The molecule has 0 bridgehead atoms. The Morgan fingerprint density at radius 1 is 1.30 bits per heavy atom. The lowest BCUT2D eigenvalue weighted by molar-refractivity contribution is 0.0977. The fraction of sp³-hybridized carbons (Fsp3) is 0.125. The van der Waals surface area contributed by atoms with Crippen molar-refractivity contribution in [3.8, 4) is 5.75 Å².